The van der Waals surface area contributed by atoms with Gasteiger partial charge in [0.05, 0.1) is 4.90 Å². The minimum absolute atomic E-state index is 0.192. The van der Waals surface area contributed by atoms with Gasteiger partial charge in [0.15, 0.2) is 0 Å². The van der Waals surface area contributed by atoms with E-state index in [1.807, 2.05) is 24.3 Å². The van der Waals surface area contributed by atoms with Crippen molar-refractivity contribution in [2.75, 3.05) is 62.0 Å². The van der Waals surface area contributed by atoms with Crippen LogP contribution in [0.2, 0.25) is 5.02 Å². The van der Waals surface area contributed by atoms with E-state index in [1.54, 1.807) is 12.1 Å². The second kappa shape index (κ2) is 13.3. The number of hydrogen-bond acceptors (Lipinski definition) is 5. The van der Waals surface area contributed by atoms with Crippen LogP contribution in [0.15, 0.2) is 83.8 Å². The highest BCUT2D eigenvalue weighted by Gasteiger charge is 2.18. The van der Waals surface area contributed by atoms with Crippen molar-refractivity contribution in [1.29, 1.82) is 0 Å². The molecule has 3 aromatic rings. The molecular formula is C29H37ClN4O2S. The van der Waals surface area contributed by atoms with Gasteiger partial charge in [-0.2, -0.15) is 0 Å². The summed E-state index contributed by atoms with van der Waals surface area (Å²) in [5.74, 6) is 0. The van der Waals surface area contributed by atoms with Gasteiger partial charge in [0.1, 0.15) is 0 Å². The van der Waals surface area contributed by atoms with Gasteiger partial charge < -0.3 is 9.80 Å². The third-order valence-corrected chi connectivity index (χ3v) is 8.46. The molecule has 198 valence electrons. The van der Waals surface area contributed by atoms with Crippen molar-refractivity contribution in [2.45, 2.75) is 24.7 Å². The van der Waals surface area contributed by atoms with Gasteiger partial charge in [-0.25, -0.2) is 8.42 Å². The van der Waals surface area contributed by atoms with Crippen LogP contribution in [0.25, 0.3) is 0 Å². The summed E-state index contributed by atoms with van der Waals surface area (Å²) in [7, 11) is -3.64. The Morgan fingerprint density at radius 1 is 0.838 bits per heavy atom. The molecule has 0 unspecified atom stereocenters. The van der Waals surface area contributed by atoms with E-state index in [0.717, 1.165) is 65.2 Å². The first-order valence-corrected chi connectivity index (χ1v) is 14.9. The van der Waals surface area contributed by atoms with E-state index in [2.05, 4.69) is 56.7 Å². The van der Waals surface area contributed by atoms with E-state index >= 15 is 0 Å². The smallest absolute Gasteiger partial charge is 0.261 e. The molecule has 3 aromatic carbocycles. The standard InChI is InChI=1S/C29H37ClN4O2S/c1-2-17-32(19-20-33-21-23-34(24-22-33)28-6-4-3-5-7-28)18-16-25-8-12-27(13-9-25)31-37(35,36)29-14-10-26(30)11-15-29/h3-15,31H,2,16-24H2,1H3. The van der Waals surface area contributed by atoms with E-state index in [9.17, 15) is 8.42 Å². The van der Waals surface area contributed by atoms with Crippen molar-refractivity contribution in [2.24, 2.45) is 0 Å². The average molecular weight is 541 g/mol. The molecule has 1 N–H and O–H groups in total. The van der Waals surface area contributed by atoms with Gasteiger partial charge in [-0.1, -0.05) is 48.9 Å². The van der Waals surface area contributed by atoms with E-state index in [-0.39, 0.29) is 4.90 Å². The van der Waals surface area contributed by atoms with Crippen molar-refractivity contribution in [3.8, 4) is 0 Å². The number of para-hydroxylation sites is 1. The van der Waals surface area contributed by atoms with Crippen LogP contribution in [-0.2, 0) is 16.4 Å². The van der Waals surface area contributed by atoms with E-state index in [0.29, 0.717) is 10.7 Å². The Hall–Kier alpha value is -2.58. The first-order valence-electron chi connectivity index (χ1n) is 13.0. The molecule has 6 nitrogen and oxygen atoms in total. The third-order valence-electron chi connectivity index (χ3n) is 6.81. The minimum atomic E-state index is -3.64. The van der Waals surface area contributed by atoms with E-state index in [1.165, 1.54) is 23.4 Å². The highest BCUT2D eigenvalue weighted by atomic mass is 35.5. The van der Waals surface area contributed by atoms with Crippen LogP contribution < -0.4 is 9.62 Å². The normalized spacial score (nSPS) is 14.7. The summed E-state index contributed by atoms with van der Waals surface area (Å²) in [6, 6.07) is 24.5. The quantitative estimate of drug-likeness (QED) is 0.341. The van der Waals surface area contributed by atoms with Crippen molar-refractivity contribution >= 4 is 33.0 Å². The van der Waals surface area contributed by atoms with E-state index < -0.39 is 10.0 Å². The third kappa shape index (κ3) is 8.20. The maximum atomic E-state index is 12.6. The van der Waals surface area contributed by atoms with Gasteiger partial charge in [-0.15, -0.1) is 0 Å². The van der Waals surface area contributed by atoms with E-state index in [4.69, 9.17) is 11.6 Å². The Labute approximate surface area is 226 Å². The zero-order valence-corrected chi connectivity index (χ0v) is 23.1. The largest absolute Gasteiger partial charge is 0.369 e. The molecule has 37 heavy (non-hydrogen) atoms. The number of hydrogen-bond donors (Lipinski definition) is 1. The minimum Gasteiger partial charge on any atom is -0.369 e. The molecule has 1 saturated heterocycles. The lowest BCUT2D eigenvalue weighted by Gasteiger charge is -2.37. The molecule has 0 amide bonds. The molecular weight excluding hydrogens is 504 g/mol. The summed E-state index contributed by atoms with van der Waals surface area (Å²) in [5.41, 5.74) is 3.07. The van der Waals surface area contributed by atoms with Crippen LogP contribution in [0.3, 0.4) is 0 Å². The van der Waals surface area contributed by atoms with Gasteiger partial charge in [0.25, 0.3) is 10.0 Å². The maximum Gasteiger partial charge on any atom is 0.261 e. The SMILES string of the molecule is CCCN(CCc1ccc(NS(=O)(=O)c2ccc(Cl)cc2)cc1)CCN1CCN(c2ccccc2)CC1. The summed E-state index contributed by atoms with van der Waals surface area (Å²) in [4.78, 5) is 7.78. The molecule has 0 saturated carbocycles. The predicted octanol–water partition coefficient (Wildman–Crippen LogP) is 5.22. The van der Waals surface area contributed by atoms with Crippen LogP contribution in [-0.4, -0.2) is 70.6 Å². The van der Waals surface area contributed by atoms with Crippen molar-refractivity contribution in [1.82, 2.24) is 9.80 Å². The highest BCUT2D eigenvalue weighted by molar-refractivity contribution is 7.92. The predicted molar refractivity (Wildman–Crippen MR) is 154 cm³/mol. The molecule has 0 bridgehead atoms. The number of nitrogens with zero attached hydrogens (tertiary/aromatic N) is 3. The van der Waals surface area contributed by atoms with Crippen LogP contribution in [0, 0.1) is 0 Å². The van der Waals surface area contributed by atoms with Gasteiger partial charge in [0.2, 0.25) is 0 Å². The van der Waals surface area contributed by atoms with Gasteiger partial charge >= 0.3 is 0 Å². The topological polar surface area (TPSA) is 55.9 Å². The van der Waals surface area contributed by atoms with Crippen LogP contribution in [0.1, 0.15) is 18.9 Å². The molecule has 1 aliphatic heterocycles. The highest BCUT2D eigenvalue weighted by Crippen LogP contribution is 2.19. The average Bonchev–Trinajstić information content (AvgIpc) is 2.92. The fourth-order valence-electron chi connectivity index (χ4n) is 4.66. The molecule has 4 rings (SSSR count). The summed E-state index contributed by atoms with van der Waals surface area (Å²) in [5, 5.41) is 0.506. The lowest BCUT2D eigenvalue weighted by atomic mass is 10.1. The molecule has 0 aliphatic carbocycles. The summed E-state index contributed by atoms with van der Waals surface area (Å²) >= 11 is 5.87. The fraction of sp³-hybridized carbons (Fsp3) is 0.379. The zero-order chi connectivity index (χ0) is 26.1. The first-order chi connectivity index (χ1) is 17.9. The molecule has 1 aliphatic rings. The summed E-state index contributed by atoms with van der Waals surface area (Å²) in [6.45, 7) is 10.8. The van der Waals surface area contributed by atoms with Gasteiger partial charge in [-0.05, 0) is 73.5 Å². The van der Waals surface area contributed by atoms with Crippen molar-refractivity contribution in [3.63, 3.8) is 0 Å². The first kappa shape index (κ1) is 27.5. The second-order valence-corrected chi connectivity index (χ2v) is 11.6. The number of anilines is 2. The Bertz CT molecular complexity index is 1200. The van der Waals surface area contributed by atoms with Crippen LogP contribution >= 0.6 is 11.6 Å². The summed E-state index contributed by atoms with van der Waals surface area (Å²) in [6.07, 6.45) is 2.07. The van der Waals surface area contributed by atoms with Crippen molar-refractivity contribution < 1.29 is 8.42 Å². The van der Waals surface area contributed by atoms with Gasteiger partial charge in [-0.3, -0.25) is 9.62 Å². The molecule has 0 spiro atoms. The molecule has 1 heterocycles. The molecule has 8 heteroatoms. The second-order valence-electron chi connectivity index (χ2n) is 9.51. The fourth-order valence-corrected chi connectivity index (χ4v) is 5.84. The monoisotopic (exact) mass is 540 g/mol. The zero-order valence-electron chi connectivity index (χ0n) is 21.5. The van der Waals surface area contributed by atoms with Gasteiger partial charge in [0, 0.05) is 62.2 Å². The Morgan fingerprint density at radius 2 is 1.51 bits per heavy atom. The number of benzene rings is 3. The lowest BCUT2D eigenvalue weighted by Crippen LogP contribution is -2.48. The number of piperazine rings is 1. The Kier molecular flexibility index (Phi) is 9.86. The molecule has 0 aromatic heterocycles. The lowest BCUT2D eigenvalue weighted by molar-refractivity contribution is 0.197. The number of sulfonamides is 1. The van der Waals surface area contributed by atoms with Crippen molar-refractivity contribution in [3.05, 3.63) is 89.4 Å². The number of nitrogens with one attached hydrogen (secondary N) is 1. The Morgan fingerprint density at radius 3 is 2.16 bits per heavy atom. The molecule has 1 fully saturated rings. The Balaban J connectivity index is 1.23. The summed E-state index contributed by atoms with van der Waals surface area (Å²) < 4.78 is 27.9. The number of rotatable bonds is 12. The molecule has 0 atom stereocenters. The molecule has 0 radical (unpaired) electrons. The van der Waals surface area contributed by atoms with Crippen LogP contribution in [0.5, 0.6) is 0 Å². The number of halogens is 1. The van der Waals surface area contributed by atoms with Crippen LogP contribution in [0.4, 0.5) is 11.4 Å². The maximum absolute atomic E-state index is 12.6.